The zero-order valence-electron chi connectivity index (χ0n) is 13.4. The van der Waals surface area contributed by atoms with Crippen LogP contribution in [0.3, 0.4) is 0 Å². The van der Waals surface area contributed by atoms with Crippen LogP contribution in [0.25, 0.3) is 0 Å². The summed E-state index contributed by atoms with van der Waals surface area (Å²) in [5.74, 6) is 0.860. The lowest BCUT2D eigenvalue weighted by molar-refractivity contribution is 0.357. The number of nitrogens with zero attached hydrogens (tertiary/aromatic N) is 4. The Morgan fingerprint density at radius 3 is 2.61 bits per heavy atom. The maximum Gasteiger partial charge on any atom is 0.225 e. The van der Waals surface area contributed by atoms with Crippen molar-refractivity contribution in [2.75, 3.05) is 43.4 Å². The van der Waals surface area contributed by atoms with Crippen molar-refractivity contribution in [3.8, 4) is 0 Å². The molecule has 1 aromatic heterocycles. The molecule has 3 heterocycles. The van der Waals surface area contributed by atoms with Crippen molar-refractivity contribution in [3.63, 3.8) is 0 Å². The van der Waals surface area contributed by atoms with E-state index in [0.717, 1.165) is 32.5 Å². The second kappa shape index (κ2) is 7.55. The van der Waals surface area contributed by atoms with Crippen LogP contribution in [0.2, 0.25) is 0 Å². The molecule has 0 aliphatic carbocycles. The fourth-order valence-electron chi connectivity index (χ4n) is 3.28. The first-order valence-electron chi connectivity index (χ1n) is 8.37. The molecule has 2 saturated heterocycles. The van der Waals surface area contributed by atoms with E-state index in [-0.39, 0.29) is 11.8 Å². The second-order valence-corrected chi connectivity index (χ2v) is 8.19. The van der Waals surface area contributed by atoms with E-state index in [2.05, 4.69) is 24.5 Å². The van der Waals surface area contributed by atoms with Gasteiger partial charge in [-0.25, -0.2) is 23.1 Å². The molecule has 0 amide bonds. The van der Waals surface area contributed by atoms with Crippen LogP contribution in [0.5, 0.6) is 0 Å². The third kappa shape index (κ3) is 4.86. The molecule has 0 radical (unpaired) electrons. The molecule has 0 bridgehead atoms. The average molecular weight is 339 g/mol. The van der Waals surface area contributed by atoms with Gasteiger partial charge in [-0.3, -0.25) is 0 Å². The molecule has 23 heavy (non-hydrogen) atoms. The molecule has 128 valence electrons. The molecule has 0 spiro atoms. The normalized spacial score (nSPS) is 23.3. The third-order valence-electron chi connectivity index (χ3n) is 4.48. The van der Waals surface area contributed by atoms with Gasteiger partial charge in [0.1, 0.15) is 0 Å². The molecule has 2 aliphatic rings. The predicted molar refractivity (Wildman–Crippen MR) is 89.9 cm³/mol. The second-order valence-electron chi connectivity index (χ2n) is 6.32. The molecule has 3 rings (SSSR count). The van der Waals surface area contributed by atoms with Crippen LogP contribution in [-0.2, 0) is 10.0 Å². The Hall–Kier alpha value is -1.25. The quantitative estimate of drug-likeness (QED) is 0.811. The minimum Gasteiger partial charge on any atom is -0.339 e. The number of likely N-dealkylation sites (tertiary alicyclic amines) is 1. The van der Waals surface area contributed by atoms with Crippen molar-refractivity contribution < 1.29 is 8.42 Å². The molecule has 7 nitrogen and oxygen atoms in total. The van der Waals surface area contributed by atoms with Crippen molar-refractivity contribution in [1.82, 2.24) is 19.6 Å². The first-order valence-corrected chi connectivity index (χ1v) is 10.0. The van der Waals surface area contributed by atoms with E-state index in [1.165, 1.54) is 12.8 Å². The Bertz CT molecular complexity index is 589. The van der Waals surface area contributed by atoms with Crippen molar-refractivity contribution in [3.05, 3.63) is 18.5 Å². The number of piperidine rings is 1. The summed E-state index contributed by atoms with van der Waals surface area (Å²) in [7, 11) is -3.23. The highest BCUT2D eigenvalue weighted by Crippen LogP contribution is 2.16. The minimum absolute atomic E-state index is 0.0591. The summed E-state index contributed by atoms with van der Waals surface area (Å²) in [4.78, 5) is 12.8. The molecule has 8 heteroatoms. The maximum absolute atomic E-state index is 12.3. The lowest BCUT2D eigenvalue weighted by Crippen LogP contribution is -2.49. The smallest absolute Gasteiger partial charge is 0.225 e. The number of aromatic nitrogens is 2. The van der Waals surface area contributed by atoms with Gasteiger partial charge < -0.3 is 9.80 Å². The van der Waals surface area contributed by atoms with Gasteiger partial charge in [-0.05, 0) is 44.8 Å². The number of rotatable bonds is 6. The van der Waals surface area contributed by atoms with Crippen molar-refractivity contribution in [1.29, 1.82) is 0 Å². The van der Waals surface area contributed by atoms with E-state index >= 15 is 0 Å². The molecule has 0 aromatic carbocycles. The zero-order chi connectivity index (χ0) is 16.1. The molecule has 2 aliphatic heterocycles. The fourth-order valence-corrected chi connectivity index (χ4v) is 4.59. The lowest BCUT2D eigenvalue weighted by Gasteiger charge is -2.33. The van der Waals surface area contributed by atoms with Crippen LogP contribution in [0.1, 0.15) is 25.7 Å². The molecule has 0 unspecified atom stereocenters. The number of hydrogen-bond acceptors (Lipinski definition) is 6. The van der Waals surface area contributed by atoms with Crippen LogP contribution in [0, 0.1) is 0 Å². The van der Waals surface area contributed by atoms with Gasteiger partial charge in [-0.1, -0.05) is 0 Å². The topological polar surface area (TPSA) is 78.4 Å². The first kappa shape index (κ1) is 16.6. The van der Waals surface area contributed by atoms with E-state index in [9.17, 15) is 8.42 Å². The maximum atomic E-state index is 12.3. The largest absolute Gasteiger partial charge is 0.339 e. The molecule has 1 atom stereocenters. The van der Waals surface area contributed by atoms with Crippen LogP contribution in [0.4, 0.5) is 5.95 Å². The molecular formula is C15H25N5O2S. The molecule has 0 saturated carbocycles. The summed E-state index contributed by atoms with van der Waals surface area (Å²) in [5.41, 5.74) is 0. The van der Waals surface area contributed by atoms with Crippen LogP contribution >= 0.6 is 0 Å². The van der Waals surface area contributed by atoms with Gasteiger partial charge in [0, 0.05) is 38.1 Å². The van der Waals surface area contributed by atoms with Crippen molar-refractivity contribution >= 4 is 16.0 Å². The fraction of sp³-hybridized carbons (Fsp3) is 0.733. The molecule has 1 aromatic rings. The average Bonchev–Trinajstić information content (AvgIpc) is 3.07. The lowest BCUT2D eigenvalue weighted by atomic mass is 10.1. The number of nitrogens with one attached hydrogen (secondary N) is 1. The summed E-state index contributed by atoms with van der Waals surface area (Å²) < 4.78 is 27.5. The van der Waals surface area contributed by atoms with Gasteiger partial charge in [0.2, 0.25) is 16.0 Å². The van der Waals surface area contributed by atoms with Crippen molar-refractivity contribution in [2.24, 2.45) is 0 Å². The van der Waals surface area contributed by atoms with E-state index in [0.29, 0.717) is 19.0 Å². The number of anilines is 1. The molecular weight excluding hydrogens is 314 g/mol. The highest BCUT2D eigenvalue weighted by Gasteiger charge is 2.26. The minimum atomic E-state index is -3.23. The van der Waals surface area contributed by atoms with Gasteiger partial charge in [0.25, 0.3) is 0 Å². The molecule has 1 N–H and O–H groups in total. The Kier molecular flexibility index (Phi) is 5.45. The first-order chi connectivity index (χ1) is 11.1. The van der Waals surface area contributed by atoms with E-state index in [1.807, 2.05) is 0 Å². The standard InChI is InChI=1S/C15H25N5O2S/c21-23(22,12-11-19-8-1-2-9-19)18-14-5-3-10-20(13-14)15-16-6-4-7-17-15/h4,6-7,14,18H,1-3,5,8-13H2/t14-/m1/s1. The van der Waals surface area contributed by atoms with E-state index in [1.54, 1.807) is 18.5 Å². The van der Waals surface area contributed by atoms with Gasteiger partial charge in [0.15, 0.2) is 0 Å². The van der Waals surface area contributed by atoms with E-state index < -0.39 is 10.0 Å². The van der Waals surface area contributed by atoms with Gasteiger partial charge in [0.05, 0.1) is 5.75 Å². The Morgan fingerprint density at radius 1 is 1.13 bits per heavy atom. The Morgan fingerprint density at radius 2 is 1.87 bits per heavy atom. The monoisotopic (exact) mass is 339 g/mol. The summed E-state index contributed by atoms with van der Waals surface area (Å²) in [6, 6.07) is 1.72. The SMILES string of the molecule is O=S(=O)(CCN1CCCC1)N[C@@H]1CCCN(c2ncccn2)C1. The highest BCUT2D eigenvalue weighted by atomic mass is 32.2. The zero-order valence-corrected chi connectivity index (χ0v) is 14.2. The summed E-state index contributed by atoms with van der Waals surface area (Å²) >= 11 is 0. The van der Waals surface area contributed by atoms with Gasteiger partial charge in [-0.15, -0.1) is 0 Å². The van der Waals surface area contributed by atoms with Crippen molar-refractivity contribution in [2.45, 2.75) is 31.7 Å². The summed E-state index contributed by atoms with van der Waals surface area (Å²) in [6.45, 7) is 4.19. The predicted octanol–water partition coefficient (Wildman–Crippen LogP) is 0.461. The summed E-state index contributed by atoms with van der Waals surface area (Å²) in [5, 5.41) is 0. The highest BCUT2D eigenvalue weighted by molar-refractivity contribution is 7.89. The van der Waals surface area contributed by atoms with Crippen LogP contribution < -0.4 is 9.62 Å². The summed E-state index contributed by atoms with van der Waals surface area (Å²) in [6.07, 6.45) is 7.60. The Balaban J connectivity index is 1.52. The van der Waals surface area contributed by atoms with E-state index in [4.69, 9.17) is 0 Å². The number of sulfonamides is 1. The third-order valence-corrected chi connectivity index (χ3v) is 5.89. The van der Waals surface area contributed by atoms with Gasteiger partial charge >= 0.3 is 0 Å². The van der Waals surface area contributed by atoms with Crippen LogP contribution in [0.15, 0.2) is 18.5 Å². The van der Waals surface area contributed by atoms with Crippen LogP contribution in [-0.4, -0.2) is 67.8 Å². The van der Waals surface area contributed by atoms with Gasteiger partial charge in [-0.2, -0.15) is 0 Å². The Labute approximate surface area is 138 Å². The number of hydrogen-bond donors (Lipinski definition) is 1. The molecule has 2 fully saturated rings.